The van der Waals surface area contributed by atoms with Crippen molar-refractivity contribution >= 4 is 5.91 Å². The predicted molar refractivity (Wildman–Crippen MR) is 91.8 cm³/mol. The first-order chi connectivity index (χ1) is 12.3. The van der Waals surface area contributed by atoms with Crippen molar-refractivity contribution in [2.45, 2.75) is 31.6 Å². The second-order valence-corrected chi connectivity index (χ2v) is 6.88. The van der Waals surface area contributed by atoms with Crippen LogP contribution in [-0.2, 0) is 4.79 Å². The minimum Gasteiger partial charge on any atom is -0.342 e. The van der Waals surface area contributed by atoms with E-state index in [2.05, 4.69) is 20.0 Å². The van der Waals surface area contributed by atoms with Gasteiger partial charge >= 0.3 is 0 Å². The first kappa shape index (κ1) is 16.2. The summed E-state index contributed by atoms with van der Waals surface area (Å²) in [4.78, 5) is 25.1. The molecule has 132 valence electrons. The molecule has 0 spiro atoms. The zero-order chi connectivity index (χ0) is 17.1. The Kier molecular flexibility index (Phi) is 4.74. The van der Waals surface area contributed by atoms with Gasteiger partial charge in [0.1, 0.15) is 0 Å². The molecular formula is C18H23N5O2. The molecule has 0 aromatic carbocycles. The van der Waals surface area contributed by atoms with Gasteiger partial charge in [-0.1, -0.05) is 18.0 Å². The SMILES string of the molecule is O=C(CN1CC(c2nc(-c3cccnc3)no2)C1)N1CCCCCC1. The lowest BCUT2D eigenvalue weighted by atomic mass is 10.00. The summed E-state index contributed by atoms with van der Waals surface area (Å²) in [6.45, 7) is 3.92. The number of likely N-dealkylation sites (tertiary alicyclic amines) is 2. The Morgan fingerprint density at radius 3 is 2.72 bits per heavy atom. The number of amides is 1. The lowest BCUT2D eigenvalue weighted by Gasteiger charge is -2.37. The highest BCUT2D eigenvalue weighted by Gasteiger charge is 2.34. The summed E-state index contributed by atoms with van der Waals surface area (Å²) >= 11 is 0. The quantitative estimate of drug-likeness (QED) is 0.846. The summed E-state index contributed by atoms with van der Waals surface area (Å²) in [5.74, 6) is 1.69. The third-order valence-electron chi connectivity index (χ3n) is 4.99. The number of nitrogens with zero attached hydrogens (tertiary/aromatic N) is 5. The topological polar surface area (TPSA) is 75.4 Å². The highest BCUT2D eigenvalue weighted by Crippen LogP contribution is 2.27. The van der Waals surface area contributed by atoms with Crippen LogP contribution in [0.2, 0.25) is 0 Å². The molecule has 0 aliphatic carbocycles. The number of pyridine rings is 1. The van der Waals surface area contributed by atoms with E-state index in [1.54, 1.807) is 12.4 Å². The summed E-state index contributed by atoms with van der Waals surface area (Å²) < 4.78 is 5.40. The minimum atomic E-state index is 0.217. The summed E-state index contributed by atoms with van der Waals surface area (Å²) in [5, 5.41) is 4.04. The number of hydrogen-bond acceptors (Lipinski definition) is 6. The molecule has 2 aliphatic rings. The molecule has 7 nitrogen and oxygen atoms in total. The molecule has 1 amide bonds. The Labute approximate surface area is 147 Å². The molecule has 0 unspecified atom stereocenters. The molecule has 0 N–H and O–H groups in total. The fraction of sp³-hybridized carbons (Fsp3) is 0.556. The van der Waals surface area contributed by atoms with Crippen LogP contribution in [0.5, 0.6) is 0 Å². The van der Waals surface area contributed by atoms with Crippen LogP contribution < -0.4 is 0 Å². The van der Waals surface area contributed by atoms with Crippen molar-refractivity contribution < 1.29 is 9.32 Å². The normalized spacial score (nSPS) is 19.4. The second-order valence-electron chi connectivity index (χ2n) is 6.88. The monoisotopic (exact) mass is 341 g/mol. The van der Waals surface area contributed by atoms with Gasteiger partial charge in [0.25, 0.3) is 0 Å². The molecule has 0 saturated carbocycles. The number of aromatic nitrogens is 3. The van der Waals surface area contributed by atoms with Gasteiger partial charge in [0.2, 0.25) is 17.6 Å². The summed E-state index contributed by atoms with van der Waals surface area (Å²) in [5.41, 5.74) is 0.852. The van der Waals surface area contributed by atoms with E-state index in [1.807, 2.05) is 17.0 Å². The third kappa shape index (κ3) is 3.71. The van der Waals surface area contributed by atoms with Crippen LogP contribution in [0.3, 0.4) is 0 Å². The first-order valence-corrected chi connectivity index (χ1v) is 9.04. The minimum absolute atomic E-state index is 0.217. The van der Waals surface area contributed by atoms with Crippen LogP contribution in [-0.4, -0.2) is 63.6 Å². The molecule has 2 aromatic rings. The predicted octanol–water partition coefficient (Wildman–Crippen LogP) is 1.93. The number of carbonyl (C=O) groups is 1. The van der Waals surface area contributed by atoms with Crippen molar-refractivity contribution in [1.82, 2.24) is 24.9 Å². The Morgan fingerprint density at radius 2 is 2.00 bits per heavy atom. The smallest absolute Gasteiger partial charge is 0.236 e. The molecular weight excluding hydrogens is 318 g/mol. The van der Waals surface area contributed by atoms with Crippen LogP contribution in [0.25, 0.3) is 11.4 Å². The third-order valence-corrected chi connectivity index (χ3v) is 4.99. The summed E-state index contributed by atoms with van der Waals surface area (Å²) in [6.07, 6.45) is 8.19. The standard InChI is InChI=1S/C18H23N5O2/c24-16(23-8-3-1-2-4-9-23)13-22-11-15(12-22)18-20-17(21-25-18)14-6-5-7-19-10-14/h5-7,10,15H,1-4,8-9,11-13H2. The zero-order valence-electron chi connectivity index (χ0n) is 14.3. The maximum atomic E-state index is 12.4. The maximum absolute atomic E-state index is 12.4. The van der Waals surface area contributed by atoms with E-state index in [4.69, 9.17) is 4.52 Å². The van der Waals surface area contributed by atoms with Gasteiger partial charge in [0.15, 0.2) is 0 Å². The van der Waals surface area contributed by atoms with Crippen molar-refractivity contribution in [3.05, 3.63) is 30.4 Å². The van der Waals surface area contributed by atoms with Gasteiger partial charge in [-0.05, 0) is 25.0 Å². The fourth-order valence-electron chi connectivity index (χ4n) is 3.48. The van der Waals surface area contributed by atoms with Gasteiger partial charge < -0.3 is 9.42 Å². The number of carbonyl (C=O) groups excluding carboxylic acids is 1. The highest BCUT2D eigenvalue weighted by atomic mass is 16.5. The molecule has 2 aliphatic heterocycles. The van der Waals surface area contributed by atoms with Crippen molar-refractivity contribution in [2.75, 3.05) is 32.7 Å². The Hall–Kier alpha value is -2.28. The van der Waals surface area contributed by atoms with Crippen molar-refractivity contribution in [2.24, 2.45) is 0 Å². The molecule has 2 fully saturated rings. The van der Waals surface area contributed by atoms with E-state index in [1.165, 1.54) is 12.8 Å². The van der Waals surface area contributed by atoms with E-state index in [0.717, 1.165) is 44.6 Å². The Bertz CT molecular complexity index is 703. The molecule has 2 saturated heterocycles. The molecule has 25 heavy (non-hydrogen) atoms. The average Bonchev–Trinajstić information content (AvgIpc) is 2.92. The number of rotatable bonds is 4. The Morgan fingerprint density at radius 1 is 1.20 bits per heavy atom. The summed E-state index contributed by atoms with van der Waals surface area (Å²) in [7, 11) is 0. The van der Waals surface area contributed by atoms with Gasteiger partial charge in [-0.2, -0.15) is 4.98 Å². The largest absolute Gasteiger partial charge is 0.342 e. The van der Waals surface area contributed by atoms with E-state index >= 15 is 0 Å². The first-order valence-electron chi connectivity index (χ1n) is 9.04. The molecule has 2 aromatic heterocycles. The lowest BCUT2D eigenvalue weighted by Crippen LogP contribution is -2.50. The van der Waals surface area contributed by atoms with E-state index in [9.17, 15) is 4.79 Å². The van der Waals surface area contributed by atoms with Gasteiger partial charge in [0.05, 0.1) is 12.5 Å². The van der Waals surface area contributed by atoms with Gasteiger partial charge in [0, 0.05) is 44.1 Å². The van der Waals surface area contributed by atoms with Crippen molar-refractivity contribution in [3.8, 4) is 11.4 Å². The van der Waals surface area contributed by atoms with E-state index in [0.29, 0.717) is 18.3 Å². The zero-order valence-corrected chi connectivity index (χ0v) is 14.3. The van der Waals surface area contributed by atoms with Crippen LogP contribution in [0, 0.1) is 0 Å². The Balaban J connectivity index is 1.29. The number of hydrogen-bond donors (Lipinski definition) is 0. The highest BCUT2D eigenvalue weighted by molar-refractivity contribution is 5.78. The van der Waals surface area contributed by atoms with Crippen molar-refractivity contribution in [3.63, 3.8) is 0 Å². The fourth-order valence-corrected chi connectivity index (χ4v) is 3.48. The van der Waals surface area contributed by atoms with Crippen LogP contribution in [0.4, 0.5) is 0 Å². The van der Waals surface area contributed by atoms with Gasteiger partial charge in [-0.25, -0.2) is 0 Å². The molecule has 0 atom stereocenters. The molecule has 4 rings (SSSR count). The maximum Gasteiger partial charge on any atom is 0.236 e. The van der Waals surface area contributed by atoms with Crippen LogP contribution in [0.15, 0.2) is 29.0 Å². The van der Waals surface area contributed by atoms with Gasteiger partial charge in [-0.15, -0.1) is 0 Å². The molecule has 0 radical (unpaired) electrons. The summed E-state index contributed by atoms with van der Waals surface area (Å²) in [6, 6.07) is 3.76. The molecule has 0 bridgehead atoms. The van der Waals surface area contributed by atoms with Crippen molar-refractivity contribution in [1.29, 1.82) is 0 Å². The van der Waals surface area contributed by atoms with E-state index in [-0.39, 0.29) is 11.8 Å². The average molecular weight is 341 g/mol. The van der Waals surface area contributed by atoms with Crippen LogP contribution in [0.1, 0.15) is 37.5 Å². The van der Waals surface area contributed by atoms with Crippen LogP contribution >= 0.6 is 0 Å². The molecule has 4 heterocycles. The molecule has 7 heteroatoms. The second kappa shape index (κ2) is 7.31. The van der Waals surface area contributed by atoms with Gasteiger partial charge in [-0.3, -0.25) is 14.7 Å². The lowest BCUT2D eigenvalue weighted by molar-refractivity contribution is -0.133. The van der Waals surface area contributed by atoms with E-state index < -0.39 is 0 Å².